The zero-order chi connectivity index (χ0) is 16.3. The van der Waals surface area contributed by atoms with Crippen LogP contribution in [-0.4, -0.2) is 22.7 Å². The topological polar surface area (TPSA) is 77.2 Å². The maximum atomic E-state index is 12.0. The number of amides is 1. The number of nitrogens with one attached hydrogen (secondary N) is 1. The predicted octanol–water partition coefficient (Wildman–Crippen LogP) is 3.46. The van der Waals surface area contributed by atoms with E-state index < -0.39 is 5.60 Å². The van der Waals surface area contributed by atoms with Crippen LogP contribution in [0.25, 0.3) is 0 Å². The summed E-state index contributed by atoms with van der Waals surface area (Å²) in [5.41, 5.74) is 7.45. The number of hydrogen-bond donors (Lipinski definition) is 2. The molecule has 1 aromatic rings. The number of ether oxygens (including phenoxy) is 1. The molecule has 0 saturated heterocycles. The fraction of sp³-hybridized carbons (Fsp3) is 0.647. The molecule has 1 fully saturated rings. The fourth-order valence-electron chi connectivity index (χ4n) is 3.24. The van der Waals surface area contributed by atoms with Gasteiger partial charge >= 0.3 is 6.09 Å². The summed E-state index contributed by atoms with van der Waals surface area (Å²) in [5, 5.41) is 3.01. The summed E-state index contributed by atoms with van der Waals surface area (Å²) in [6.07, 6.45) is 6.08. The molecule has 5 heteroatoms. The van der Waals surface area contributed by atoms with Crippen molar-refractivity contribution in [1.29, 1.82) is 0 Å². The second-order valence-corrected chi connectivity index (χ2v) is 7.36. The summed E-state index contributed by atoms with van der Waals surface area (Å²) >= 11 is 0. The number of carbonyl (C=O) groups is 1. The van der Waals surface area contributed by atoms with E-state index in [-0.39, 0.29) is 12.1 Å². The van der Waals surface area contributed by atoms with Gasteiger partial charge in [-0.2, -0.15) is 0 Å². The van der Waals surface area contributed by atoms with E-state index in [0.717, 1.165) is 30.5 Å². The summed E-state index contributed by atoms with van der Waals surface area (Å²) in [4.78, 5) is 16.0. The largest absolute Gasteiger partial charge is 0.444 e. The van der Waals surface area contributed by atoms with Crippen LogP contribution in [0.3, 0.4) is 0 Å². The Hall–Kier alpha value is -1.78. The van der Waals surface area contributed by atoms with Gasteiger partial charge < -0.3 is 15.8 Å². The van der Waals surface area contributed by atoms with Crippen LogP contribution in [0.4, 0.5) is 10.5 Å². The lowest BCUT2D eigenvalue weighted by Crippen LogP contribution is -2.42. The van der Waals surface area contributed by atoms with Gasteiger partial charge in [-0.3, -0.25) is 4.98 Å². The first-order valence-electron chi connectivity index (χ1n) is 7.93. The molecule has 0 unspecified atom stereocenters. The smallest absolute Gasteiger partial charge is 0.407 e. The number of rotatable bonds is 2. The molecule has 1 aliphatic carbocycles. The number of pyridine rings is 1. The molecule has 5 nitrogen and oxygen atoms in total. The SMILES string of the molecule is C[C@H]1C[C@@H](NC(=O)OC(C)(C)C)C[C@@H](c2ccncc2N)C1. The summed E-state index contributed by atoms with van der Waals surface area (Å²) < 4.78 is 5.36. The Labute approximate surface area is 132 Å². The molecule has 3 atom stereocenters. The highest BCUT2D eigenvalue weighted by Crippen LogP contribution is 2.38. The molecule has 2 rings (SSSR count). The van der Waals surface area contributed by atoms with Crippen molar-refractivity contribution < 1.29 is 9.53 Å². The van der Waals surface area contributed by atoms with Crippen LogP contribution in [0.2, 0.25) is 0 Å². The van der Waals surface area contributed by atoms with Gasteiger partial charge in [-0.25, -0.2) is 4.79 Å². The van der Waals surface area contributed by atoms with Crippen LogP contribution < -0.4 is 11.1 Å². The average molecular weight is 305 g/mol. The number of nitrogen functional groups attached to an aromatic ring is 1. The van der Waals surface area contributed by atoms with Crippen LogP contribution in [-0.2, 0) is 4.74 Å². The number of anilines is 1. The number of hydrogen-bond acceptors (Lipinski definition) is 4. The Kier molecular flexibility index (Phi) is 4.94. The van der Waals surface area contributed by atoms with E-state index in [1.807, 2.05) is 26.8 Å². The van der Waals surface area contributed by atoms with Crippen LogP contribution in [0.5, 0.6) is 0 Å². The van der Waals surface area contributed by atoms with Crippen molar-refractivity contribution in [3.8, 4) is 0 Å². The highest BCUT2D eigenvalue weighted by Gasteiger charge is 2.30. The second kappa shape index (κ2) is 6.55. The number of aromatic nitrogens is 1. The van der Waals surface area contributed by atoms with Crippen LogP contribution >= 0.6 is 0 Å². The van der Waals surface area contributed by atoms with Crippen LogP contribution in [0.1, 0.15) is 58.4 Å². The third-order valence-corrected chi connectivity index (χ3v) is 3.99. The van der Waals surface area contributed by atoms with E-state index in [4.69, 9.17) is 10.5 Å². The molecule has 0 spiro atoms. The Morgan fingerprint density at radius 3 is 2.73 bits per heavy atom. The van der Waals surface area contributed by atoms with E-state index in [0.29, 0.717) is 11.8 Å². The lowest BCUT2D eigenvalue weighted by atomic mass is 9.76. The van der Waals surface area contributed by atoms with Crippen LogP contribution in [0.15, 0.2) is 18.5 Å². The molecular weight excluding hydrogens is 278 g/mol. The number of carbonyl (C=O) groups excluding carboxylic acids is 1. The van der Waals surface area contributed by atoms with Crippen molar-refractivity contribution in [2.45, 2.75) is 64.5 Å². The van der Waals surface area contributed by atoms with Crippen molar-refractivity contribution >= 4 is 11.8 Å². The van der Waals surface area contributed by atoms with Crippen molar-refractivity contribution in [3.05, 3.63) is 24.0 Å². The minimum absolute atomic E-state index is 0.121. The summed E-state index contributed by atoms with van der Waals surface area (Å²) in [6.45, 7) is 7.83. The zero-order valence-corrected chi connectivity index (χ0v) is 13.9. The molecule has 1 saturated carbocycles. The highest BCUT2D eigenvalue weighted by molar-refractivity contribution is 5.68. The highest BCUT2D eigenvalue weighted by atomic mass is 16.6. The third kappa shape index (κ3) is 4.61. The van der Waals surface area contributed by atoms with Gasteiger partial charge in [-0.15, -0.1) is 0 Å². The Balaban J connectivity index is 2.02. The van der Waals surface area contributed by atoms with E-state index in [2.05, 4.69) is 17.2 Å². The Morgan fingerprint density at radius 1 is 1.36 bits per heavy atom. The molecule has 1 heterocycles. The number of nitrogens with two attached hydrogens (primary N) is 1. The van der Waals surface area contributed by atoms with Crippen molar-refractivity contribution in [1.82, 2.24) is 10.3 Å². The summed E-state index contributed by atoms with van der Waals surface area (Å²) in [5.74, 6) is 0.887. The standard InChI is InChI=1S/C17H27N3O2/c1-11-7-12(14-5-6-19-10-15(14)18)9-13(8-11)20-16(21)22-17(2,3)4/h5-6,10-13H,7-9,18H2,1-4H3,(H,20,21)/t11-,12+,13-/m1/s1. The van der Waals surface area contributed by atoms with Gasteiger partial charge in [0, 0.05) is 12.2 Å². The minimum Gasteiger partial charge on any atom is -0.444 e. The maximum Gasteiger partial charge on any atom is 0.407 e. The van der Waals surface area contributed by atoms with Gasteiger partial charge in [-0.1, -0.05) is 6.92 Å². The van der Waals surface area contributed by atoms with Crippen molar-refractivity contribution in [2.75, 3.05) is 5.73 Å². The summed E-state index contributed by atoms with van der Waals surface area (Å²) in [7, 11) is 0. The quantitative estimate of drug-likeness (QED) is 0.877. The first-order valence-corrected chi connectivity index (χ1v) is 7.93. The second-order valence-electron chi connectivity index (χ2n) is 7.36. The molecule has 1 amide bonds. The Morgan fingerprint density at radius 2 is 2.09 bits per heavy atom. The molecule has 0 aromatic carbocycles. The Bertz CT molecular complexity index is 525. The lowest BCUT2D eigenvalue weighted by molar-refractivity contribution is 0.0482. The fourth-order valence-corrected chi connectivity index (χ4v) is 3.24. The van der Waals surface area contributed by atoms with Crippen molar-refractivity contribution in [3.63, 3.8) is 0 Å². The molecule has 0 radical (unpaired) electrons. The third-order valence-electron chi connectivity index (χ3n) is 3.99. The van der Waals surface area contributed by atoms with Gasteiger partial charge in [0.05, 0.1) is 11.9 Å². The molecule has 0 aliphatic heterocycles. The van der Waals surface area contributed by atoms with Crippen molar-refractivity contribution in [2.24, 2.45) is 5.92 Å². The number of nitrogens with zero attached hydrogens (tertiary/aromatic N) is 1. The molecule has 22 heavy (non-hydrogen) atoms. The summed E-state index contributed by atoms with van der Waals surface area (Å²) in [6, 6.07) is 2.11. The normalized spacial score (nSPS) is 25.5. The number of alkyl carbamates (subject to hydrolysis) is 1. The maximum absolute atomic E-state index is 12.0. The van der Waals surface area contributed by atoms with E-state index >= 15 is 0 Å². The molecule has 1 aliphatic rings. The van der Waals surface area contributed by atoms with Crippen LogP contribution in [0, 0.1) is 5.92 Å². The van der Waals surface area contributed by atoms with E-state index in [1.165, 1.54) is 0 Å². The molecular formula is C17H27N3O2. The predicted molar refractivity (Wildman–Crippen MR) is 87.6 cm³/mol. The van der Waals surface area contributed by atoms with Gasteiger partial charge in [0.1, 0.15) is 5.60 Å². The first kappa shape index (κ1) is 16.6. The molecule has 0 bridgehead atoms. The minimum atomic E-state index is -0.473. The van der Waals surface area contributed by atoms with Gasteiger partial charge in [0.25, 0.3) is 0 Å². The van der Waals surface area contributed by atoms with E-state index in [9.17, 15) is 4.79 Å². The molecule has 122 valence electrons. The zero-order valence-electron chi connectivity index (χ0n) is 13.9. The first-order chi connectivity index (χ1) is 10.2. The van der Waals surface area contributed by atoms with E-state index in [1.54, 1.807) is 12.4 Å². The lowest BCUT2D eigenvalue weighted by Gasteiger charge is -2.34. The molecule has 1 aromatic heterocycles. The van der Waals surface area contributed by atoms with Gasteiger partial charge in [0.15, 0.2) is 0 Å². The van der Waals surface area contributed by atoms with Gasteiger partial charge in [0.2, 0.25) is 0 Å². The molecule has 3 N–H and O–H groups in total. The average Bonchev–Trinajstić information content (AvgIpc) is 2.35. The monoisotopic (exact) mass is 305 g/mol. The van der Waals surface area contributed by atoms with Gasteiger partial charge in [-0.05, 0) is 63.5 Å².